The molecular formula is C130H115NO14. The highest BCUT2D eigenvalue weighted by Crippen LogP contribution is 2.29. The van der Waals surface area contributed by atoms with Crippen LogP contribution in [0.5, 0.6) is 0 Å². The van der Waals surface area contributed by atoms with Gasteiger partial charge >= 0.3 is 0 Å². The molecule has 17 aromatic carbocycles. The fourth-order valence-electron chi connectivity index (χ4n) is 14.6. The Hall–Kier alpha value is -18.1. The van der Waals surface area contributed by atoms with Crippen molar-refractivity contribution in [1.82, 2.24) is 5.32 Å². The predicted octanol–water partition coefficient (Wildman–Crippen LogP) is 29.2. The number of aryl methyl sites for hydroxylation is 2. The van der Waals surface area contributed by atoms with Crippen molar-refractivity contribution in [2.75, 3.05) is 6.54 Å². The second-order valence-corrected chi connectivity index (χ2v) is 34.1. The molecule has 0 heterocycles. The van der Waals surface area contributed by atoms with Gasteiger partial charge in [-0.05, 0) is 187 Å². The van der Waals surface area contributed by atoms with Gasteiger partial charge in [0.1, 0.15) is 49.3 Å². The Kier molecular flexibility index (Phi) is 43.8. The number of rotatable bonds is 27. The maximum Gasteiger partial charge on any atom is 0.251 e. The number of ketones is 7. The summed E-state index contributed by atoms with van der Waals surface area (Å²) in [6.07, 6.45) is 6.80. The van der Waals surface area contributed by atoms with Crippen LogP contribution in [0.25, 0.3) is 89.0 Å². The lowest BCUT2D eigenvalue weighted by molar-refractivity contribution is -0.117. The van der Waals surface area contributed by atoms with Gasteiger partial charge in [-0.25, -0.2) is 0 Å². The molecule has 0 saturated heterocycles. The molecule has 0 aliphatic carbocycles. The van der Waals surface area contributed by atoms with Gasteiger partial charge in [0.05, 0.1) is 0 Å². The molecule has 0 radical (unpaired) electrons. The van der Waals surface area contributed by atoms with Crippen LogP contribution in [0.1, 0.15) is 208 Å². The van der Waals surface area contributed by atoms with Gasteiger partial charge in [0.2, 0.25) is 0 Å². The second-order valence-electron chi connectivity index (χ2n) is 34.1. The Morgan fingerprint density at radius 1 is 0.193 bits per heavy atom. The molecule has 15 heteroatoms. The topological polar surface area (TPSA) is 251 Å². The van der Waals surface area contributed by atoms with E-state index in [1.54, 1.807) is 97.0 Å². The van der Waals surface area contributed by atoms with E-state index < -0.39 is 0 Å². The first-order chi connectivity index (χ1) is 69.6. The Morgan fingerprint density at radius 3 is 0.517 bits per heavy atom. The highest BCUT2D eigenvalue weighted by Gasteiger charge is 2.12. The average Bonchev–Trinajstić information content (AvgIpc) is 0.842. The smallest absolute Gasteiger partial charge is 0.251 e. The van der Waals surface area contributed by atoms with Crippen molar-refractivity contribution in [3.05, 3.63) is 513 Å². The van der Waals surface area contributed by atoms with Gasteiger partial charge in [0.15, 0.2) is 28.9 Å². The van der Waals surface area contributed by atoms with Crippen LogP contribution in [0.15, 0.2) is 419 Å². The summed E-state index contributed by atoms with van der Waals surface area (Å²) in [5, 5.41) is 2.95. The fraction of sp³-hybridized carbons (Fsp3) is 0.108. The lowest BCUT2D eigenvalue weighted by atomic mass is 10.0. The van der Waals surface area contributed by atoms with E-state index in [2.05, 4.69) is 79.8 Å². The molecule has 0 aromatic heterocycles. The number of hydrogen-bond acceptors (Lipinski definition) is 14. The molecule has 0 atom stereocenters. The summed E-state index contributed by atoms with van der Waals surface area (Å²) in [4.78, 5) is 153. The molecule has 0 saturated carbocycles. The van der Waals surface area contributed by atoms with Crippen LogP contribution >= 0.6 is 0 Å². The number of benzene rings is 17. The number of nitrogens with one attached hydrogen (secondary N) is 1. The molecule has 1 amide bonds. The SMILES string of the molecule is C.CC(=O)Cc1ccc(-c2ccc(C=O)cc2)cc1.CC(=O)Cc1ccc(-c2ccc(C=O)cc2)cc1.CC(=O)c1ccc(-c2ccc(C(=O)NCCc3ccccc3)cc2)cc1.CC(=O)c1ccc(-c2ccc(C(C)=O)cc2)cc1.CC(=O)c1ccc(-c2ccc(C=O)cc2)cc1.CC(=O)c1ccc(-c2ccc(C=O)cc2)cc1.Cc1ccc(-c2ccc(C=O)cc2)cc1.Cc1ccc(-c2ccc(C=O)cc2)cc1. The van der Waals surface area contributed by atoms with E-state index in [4.69, 9.17) is 0 Å². The van der Waals surface area contributed by atoms with Gasteiger partial charge in [-0.15, -0.1) is 0 Å². The van der Waals surface area contributed by atoms with Gasteiger partial charge in [0, 0.05) is 86.1 Å². The molecule has 17 rings (SSSR count). The highest BCUT2D eigenvalue weighted by atomic mass is 16.2. The molecule has 15 nitrogen and oxygen atoms in total. The standard InChI is InChI=1S/C23H21NO2.3C16H14O2.2C15H12O2.2C14H12O.CH4/c1-17(25)19-7-9-20(10-8-19)21-11-13-22(14-12-21)23(26)24-16-15-18-5-3-2-4-6-18;1-11(17)13-3-7-15(8-4-13)16-9-5-14(6-10-16)12(2)18;2*1-12(18)10-13-2-6-15(7-3-13)16-8-4-14(11-17)5-9-16;2*1-11(17)13-6-8-15(9-7-13)14-4-2-12(10-16)3-5-14;2*1-11-2-6-13(7-3-11)14-8-4-12(10-15)5-9-14;/h2-14H,15-16H2,1H3,(H,24,26);3-10H,1-2H3;2*2-9,11H,10H2,1H3;2*2-10H,1H3;2*2-10H,1H3;1H4. The van der Waals surface area contributed by atoms with E-state index in [0.29, 0.717) is 86.1 Å². The fourth-order valence-corrected chi connectivity index (χ4v) is 14.6. The minimum absolute atomic E-state index is 0. The largest absolute Gasteiger partial charge is 0.352 e. The Labute approximate surface area is 848 Å². The minimum Gasteiger partial charge on any atom is -0.352 e. The lowest BCUT2D eigenvalue weighted by Crippen LogP contribution is -2.25. The van der Waals surface area contributed by atoms with Crippen molar-refractivity contribution in [1.29, 1.82) is 0 Å². The van der Waals surface area contributed by atoms with E-state index in [1.807, 2.05) is 309 Å². The number of aldehydes is 6. The molecule has 0 spiro atoms. The number of Topliss-reactive ketones (excluding diaryl/α,β-unsaturated/α-hetero) is 7. The van der Waals surface area contributed by atoms with E-state index in [1.165, 1.54) is 27.8 Å². The molecule has 145 heavy (non-hydrogen) atoms. The van der Waals surface area contributed by atoms with Crippen LogP contribution in [0.4, 0.5) is 0 Å². The van der Waals surface area contributed by atoms with Crippen LogP contribution in [0, 0.1) is 13.8 Å². The Bertz CT molecular complexity index is 6790. The molecule has 17 aromatic rings. The third-order valence-electron chi connectivity index (χ3n) is 23.0. The molecule has 0 fully saturated rings. The summed E-state index contributed by atoms with van der Waals surface area (Å²) < 4.78 is 0. The molecule has 0 bridgehead atoms. The van der Waals surface area contributed by atoms with E-state index in [9.17, 15) is 67.1 Å². The molecule has 0 aliphatic rings. The predicted molar refractivity (Wildman–Crippen MR) is 585 cm³/mol. The third-order valence-corrected chi connectivity index (χ3v) is 23.0. The van der Waals surface area contributed by atoms with Gasteiger partial charge < -0.3 is 5.32 Å². The Balaban J connectivity index is 0.000000185. The second kappa shape index (κ2) is 57.5. The van der Waals surface area contributed by atoms with Crippen molar-refractivity contribution < 1.29 is 67.1 Å². The van der Waals surface area contributed by atoms with E-state index in [0.717, 1.165) is 133 Å². The van der Waals surface area contributed by atoms with Crippen molar-refractivity contribution >= 4 is 84.1 Å². The maximum atomic E-state index is 12.3. The van der Waals surface area contributed by atoms with Crippen LogP contribution in [0.3, 0.4) is 0 Å². The van der Waals surface area contributed by atoms with Crippen molar-refractivity contribution in [3.8, 4) is 89.0 Å². The van der Waals surface area contributed by atoms with Crippen molar-refractivity contribution in [2.24, 2.45) is 0 Å². The number of hydrogen-bond donors (Lipinski definition) is 1. The number of amides is 1. The number of carbonyl (C=O) groups is 14. The van der Waals surface area contributed by atoms with E-state index in [-0.39, 0.29) is 53.8 Å². The summed E-state index contributed by atoms with van der Waals surface area (Å²) in [7, 11) is 0. The summed E-state index contributed by atoms with van der Waals surface area (Å²) in [6, 6.07) is 132. The monoisotopic (exact) mass is 1910 g/mol. The van der Waals surface area contributed by atoms with Gasteiger partial charge in [-0.3, -0.25) is 67.1 Å². The summed E-state index contributed by atoms with van der Waals surface area (Å²) in [6.45, 7) is 15.7. The zero-order chi connectivity index (χ0) is 103. The quantitative estimate of drug-likeness (QED) is 0.0371. The summed E-state index contributed by atoms with van der Waals surface area (Å²) in [5.74, 6) is 0.567. The highest BCUT2D eigenvalue weighted by molar-refractivity contribution is 5.99. The molecule has 724 valence electrons. The molecular weight excluding hydrogens is 1800 g/mol. The summed E-state index contributed by atoms with van der Waals surface area (Å²) >= 11 is 0. The first-order valence-corrected chi connectivity index (χ1v) is 46.7. The van der Waals surface area contributed by atoms with Crippen molar-refractivity contribution in [3.63, 3.8) is 0 Å². The van der Waals surface area contributed by atoms with E-state index >= 15 is 0 Å². The maximum absolute atomic E-state index is 12.3. The van der Waals surface area contributed by atoms with Crippen LogP contribution < -0.4 is 5.32 Å². The van der Waals surface area contributed by atoms with Crippen LogP contribution in [0.2, 0.25) is 0 Å². The van der Waals surface area contributed by atoms with Crippen LogP contribution in [-0.4, -0.2) is 90.7 Å². The third kappa shape index (κ3) is 36.0. The molecule has 0 unspecified atom stereocenters. The zero-order valence-corrected chi connectivity index (χ0v) is 81.8. The minimum atomic E-state index is -0.0700. The first-order valence-electron chi connectivity index (χ1n) is 46.7. The first kappa shape index (κ1) is 111. The molecule has 1 N–H and O–H groups in total. The normalized spacial score (nSPS) is 9.99. The van der Waals surface area contributed by atoms with Crippen molar-refractivity contribution in [2.45, 2.75) is 89.0 Å². The Morgan fingerprint density at radius 2 is 0.352 bits per heavy atom. The molecule has 0 aliphatic heterocycles. The van der Waals surface area contributed by atoms with Crippen LogP contribution in [-0.2, 0) is 28.9 Å². The zero-order valence-electron chi connectivity index (χ0n) is 81.8. The lowest BCUT2D eigenvalue weighted by Gasteiger charge is -2.07. The number of carbonyl (C=O) groups excluding carboxylic acids is 14. The van der Waals surface area contributed by atoms with Gasteiger partial charge in [-0.1, -0.05) is 425 Å². The summed E-state index contributed by atoms with van der Waals surface area (Å²) in [5.41, 5.74) is 31.2. The average molecular weight is 1920 g/mol. The van der Waals surface area contributed by atoms with Gasteiger partial charge in [-0.2, -0.15) is 0 Å². The van der Waals surface area contributed by atoms with Gasteiger partial charge in [0.25, 0.3) is 5.91 Å².